The van der Waals surface area contributed by atoms with E-state index in [9.17, 15) is 9.59 Å². The average molecular weight is 385 g/mol. The molecule has 1 amide bonds. The molecule has 1 atom stereocenters. The topological polar surface area (TPSA) is 85.3 Å². The number of aliphatic carboxylic acids is 1. The maximum absolute atomic E-state index is 12.0. The Morgan fingerprint density at radius 3 is 2.39 bits per heavy atom. The number of likely N-dealkylation sites (tertiary alicyclic amines) is 1. The summed E-state index contributed by atoms with van der Waals surface area (Å²) >= 11 is 0. The van der Waals surface area contributed by atoms with Gasteiger partial charge in [0, 0.05) is 19.5 Å². The number of benzene rings is 2. The molecule has 1 aliphatic heterocycles. The van der Waals surface area contributed by atoms with E-state index in [2.05, 4.69) is 0 Å². The summed E-state index contributed by atoms with van der Waals surface area (Å²) in [5.41, 5.74) is 0.896. The molecule has 28 heavy (non-hydrogen) atoms. The summed E-state index contributed by atoms with van der Waals surface area (Å²) in [7, 11) is 1.61. The van der Waals surface area contributed by atoms with E-state index in [0.717, 1.165) is 17.1 Å². The quantitative estimate of drug-likeness (QED) is 0.668. The van der Waals surface area contributed by atoms with E-state index in [4.69, 9.17) is 19.3 Å². The van der Waals surface area contributed by atoms with Crippen LogP contribution in [0.25, 0.3) is 0 Å². The fourth-order valence-electron chi connectivity index (χ4n) is 3.04. The minimum Gasteiger partial charge on any atom is -0.497 e. The highest BCUT2D eigenvalue weighted by molar-refractivity contribution is 5.86. The predicted octanol–water partition coefficient (Wildman–Crippen LogP) is 2.59. The summed E-state index contributed by atoms with van der Waals surface area (Å²) in [5.74, 6) is 0.501. The van der Waals surface area contributed by atoms with Gasteiger partial charge in [-0.2, -0.15) is 0 Å². The molecule has 7 heteroatoms. The predicted molar refractivity (Wildman–Crippen MR) is 102 cm³/mol. The van der Waals surface area contributed by atoms with Crippen LogP contribution in [-0.2, 0) is 16.1 Å². The number of hydrogen-bond acceptors (Lipinski definition) is 5. The molecule has 1 unspecified atom stereocenters. The zero-order valence-corrected chi connectivity index (χ0v) is 15.7. The standard InChI is InChI=1S/C21H23NO6/c1-26-17-5-7-18(8-6-17)27-9-10-28-19-4-2-3-15(11-19)13-22-14-16(21(24)25)12-20(22)23/h2-8,11,16H,9-10,12-14H2,1H3,(H,24,25). The Morgan fingerprint density at radius 2 is 1.75 bits per heavy atom. The Bertz CT molecular complexity index is 820. The van der Waals surface area contributed by atoms with E-state index in [-0.39, 0.29) is 18.9 Å². The minimum atomic E-state index is -0.926. The van der Waals surface area contributed by atoms with Gasteiger partial charge in [0.15, 0.2) is 0 Å². The van der Waals surface area contributed by atoms with Gasteiger partial charge in [-0.3, -0.25) is 9.59 Å². The van der Waals surface area contributed by atoms with Gasteiger partial charge < -0.3 is 24.2 Å². The van der Waals surface area contributed by atoms with E-state index < -0.39 is 11.9 Å². The molecule has 0 radical (unpaired) electrons. The molecule has 0 aliphatic carbocycles. The molecular weight excluding hydrogens is 362 g/mol. The van der Waals surface area contributed by atoms with Crippen molar-refractivity contribution in [1.29, 1.82) is 0 Å². The lowest BCUT2D eigenvalue weighted by Crippen LogP contribution is -2.25. The van der Waals surface area contributed by atoms with E-state index in [1.807, 2.05) is 48.5 Å². The minimum absolute atomic E-state index is 0.0637. The number of carbonyl (C=O) groups is 2. The molecule has 1 aliphatic rings. The average Bonchev–Trinajstić information content (AvgIpc) is 3.07. The van der Waals surface area contributed by atoms with Crippen LogP contribution in [0.4, 0.5) is 0 Å². The monoisotopic (exact) mass is 385 g/mol. The lowest BCUT2D eigenvalue weighted by atomic mass is 10.1. The maximum Gasteiger partial charge on any atom is 0.308 e. The third-order valence-electron chi connectivity index (χ3n) is 4.52. The summed E-state index contributed by atoms with van der Waals surface area (Å²) in [6.07, 6.45) is 0.0637. The Morgan fingerprint density at radius 1 is 1.07 bits per heavy atom. The summed E-state index contributed by atoms with van der Waals surface area (Å²) < 4.78 is 16.4. The molecule has 1 fully saturated rings. The second-order valence-electron chi connectivity index (χ2n) is 6.53. The zero-order valence-electron chi connectivity index (χ0n) is 15.7. The normalized spacial score (nSPS) is 16.1. The number of nitrogens with zero attached hydrogens (tertiary/aromatic N) is 1. The van der Waals surface area contributed by atoms with Gasteiger partial charge >= 0.3 is 5.97 Å². The van der Waals surface area contributed by atoms with Gasteiger partial charge in [-0.25, -0.2) is 0 Å². The van der Waals surface area contributed by atoms with Gasteiger partial charge in [-0.15, -0.1) is 0 Å². The molecule has 1 N–H and O–H groups in total. The van der Waals surface area contributed by atoms with Gasteiger partial charge in [0.2, 0.25) is 5.91 Å². The third kappa shape index (κ3) is 5.16. The van der Waals surface area contributed by atoms with E-state index in [1.54, 1.807) is 12.0 Å². The molecule has 3 rings (SSSR count). The largest absolute Gasteiger partial charge is 0.497 e. The summed E-state index contributed by atoms with van der Waals surface area (Å²) in [6.45, 7) is 1.39. The first-order valence-corrected chi connectivity index (χ1v) is 9.04. The highest BCUT2D eigenvalue weighted by Gasteiger charge is 2.34. The Labute approximate surface area is 163 Å². The van der Waals surface area contributed by atoms with Crippen molar-refractivity contribution in [1.82, 2.24) is 4.90 Å². The summed E-state index contributed by atoms with van der Waals surface area (Å²) in [6, 6.07) is 14.8. The van der Waals surface area contributed by atoms with Gasteiger partial charge in [0.1, 0.15) is 30.5 Å². The first-order chi connectivity index (χ1) is 13.5. The van der Waals surface area contributed by atoms with Crippen molar-refractivity contribution in [3.63, 3.8) is 0 Å². The van der Waals surface area contributed by atoms with Crippen molar-refractivity contribution >= 4 is 11.9 Å². The van der Waals surface area contributed by atoms with Crippen LogP contribution in [0, 0.1) is 5.92 Å². The zero-order chi connectivity index (χ0) is 19.9. The number of rotatable bonds is 9. The van der Waals surface area contributed by atoms with Crippen LogP contribution in [0.15, 0.2) is 48.5 Å². The Kier molecular flexibility index (Phi) is 6.37. The molecule has 2 aromatic rings. The number of methoxy groups -OCH3 is 1. The van der Waals surface area contributed by atoms with Crippen LogP contribution in [-0.4, -0.2) is 48.8 Å². The highest BCUT2D eigenvalue weighted by atomic mass is 16.5. The van der Waals surface area contributed by atoms with E-state index in [1.165, 1.54) is 0 Å². The van der Waals surface area contributed by atoms with Crippen LogP contribution >= 0.6 is 0 Å². The fraction of sp³-hybridized carbons (Fsp3) is 0.333. The SMILES string of the molecule is COc1ccc(OCCOc2cccc(CN3CC(C(=O)O)CC3=O)c2)cc1. The molecule has 1 heterocycles. The molecule has 0 aromatic heterocycles. The van der Waals surface area contributed by atoms with Gasteiger partial charge in [0.25, 0.3) is 0 Å². The molecule has 0 saturated carbocycles. The highest BCUT2D eigenvalue weighted by Crippen LogP contribution is 2.22. The molecule has 148 valence electrons. The van der Waals surface area contributed by atoms with Crippen molar-refractivity contribution < 1.29 is 28.9 Å². The Balaban J connectivity index is 1.46. The molecule has 1 saturated heterocycles. The van der Waals surface area contributed by atoms with Crippen LogP contribution in [0.3, 0.4) is 0 Å². The van der Waals surface area contributed by atoms with Crippen molar-refractivity contribution in [3.05, 3.63) is 54.1 Å². The van der Waals surface area contributed by atoms with Crippen LogP contribution < -0.4 is 14.2 Å². The van der Waals surface area contributed by atoms with Crippen LogP contribution in [0.1, 0.15) is 12.0 Å². The molecule has 7 nitrogen and oxygen atoms in total. The molecular formula is C21H23NO6. The number of amides is 1. The van der Waals surface area contributed by atoms with Crippen LogP contribution in [0.2, 0.25) is 0 Å². The third-order valence-corrected chi connectivity index (χ3v) is 4.52. The second kappa shape index (κ2) is 9.12. The number of carbonyl (C=O) groups excluding carboxylic acids is 1. The van der Waals surface area contributed by atoms with Crippen molar-refractivity contribution in [3.8, 4) is 17.2 Å². The van der Waals surface area contributed by atoms with Crippen LogP contribution in [0.5, 0.6) is 17.2 Å². The van der Waals surface area contributed by atoms with Gasteiger partial charge in [0.05, 0.1) is 13.0 Å². The maximum atomic E-state index is 12.0. The molecule has 0 spiro atoms. The number of ether oxygens (including phenoxy) is 3. The van der Waals surface area contributed by atoms with Crippen molar-refractivity contribution in [2.45, 2.75) is 13.0 Å². The number of carboxylic acid groups (broad SMARTS) is 1. The smallest absolute Gasteiger partial charge is 0.308 e. The van der Waals surface area contributed by atoms with Gasteiger partial charge in [-0.1, -0.05) is 12.1 Å². The van der Waals surface area contributed by atoms with Crippen molar-refractivity contribution in [2.24, 2.45) is 5.92 Å². The first-order valence-electron chi connectivity index (χ1n) is 9.04. The van der Waals surface area contributed by atoms with E-state index >= 15 is 0 Å². The summed E-state index contributed by atoms with van der Waals surface area (Å²) in [4.78, 5) is 24.6. The lowest BCUT2D eigenvalue weighted by molar-refractivity contribution is -0.141. The molecule has 0 bridgehead atoms. The fourth-order valence-corrected chi connectivity index (χ4v) is 3.04. The van der Waals surface area contributed by atoms with Crippen molar-refractivity contribution in [2.75, 3.05) is 26.9 Å². The molecule has 2 aromatic carbocycles. The Hall–Kier alpha value is -3.22. The number of carboxylic acids is 1. The lowest BCUT2D eigenvalue weighted by Gasteiger charge is -2.16. The summed E-state index contributed by atoms with van der Waals surface area (Å²) in [5, 5.41) is 9.07. The van der Waals surface area contributed by atoms with Gasteiger partial charge in [-0.05, 0) is 42.0 Å². The number of hydrogen-bond donors (Lipinski definition) is 1. The second-order valence-corrected chi connectivity index (χ2v) is 6.53. The first kappa shape index (κ1) is 19.5. The van der Waals surface area contributed by atoms with E-state index in [0.29, 0.717) is 25.5 Å².